The maximum absolute atomic E-state index is 11.0. The number of benzene rings is 1. The molecule has 1 aliphatic rings. The van der Waals surface area contributed by atoms with Gasteiger partial charge in [0.2, 0.25) is 0 Å². The molecule has 0 radical (unpaired) electrons. The molecule has 4 nitrogen and oxygen atoms in total. The molecule has 88 valence electrons. The van der Waals surface area contributed by atoms with Crippen molar-refractivity contribution in [2.24, 2.45) is 0 Å². The van der Waals surface area contributed by atoms with E-state index in [9.17, 15) is 8.42 Å². The lowest BCUT2D eigenvalue weighted by Gasteiger charge is -2.26. The van der Waals surface area contributed by atoms with Gasteiger partial charge in [-0.3, -0.25) is 0 Å². The van der Waals surface area contributed by atoms with E-state index >= 15 is 0 Å². The molecule has 1 fully saturated rings. The lowest BCUT2D eigenvalue weighted by Crippen LogP contribution is -2.45. The fourth-order valence-electron chi connectivity index (χ4n) is 1.71. The molecule has 0 aliphatic carbocycles. The van der Waals surface area contributed by atoms with Crippen molar-refractivity contribution in [1.82, 2.24) is 5.32 Å². The first-order valence-electron chi connectivity index (χ1n) is 5.20. The normalized spacial score (nSPS) is 19.1. The second-order valence-corrected chi connectivity index (χ2v) is 6.15. The summed E-state index contributed by atoms with van der Waals surface area (Å²) in [4.78, 5) is 0. The summed E-state index contributed by atoms with van der Waals surface area (Å²) >= 11 is 0. The standard InChI is InChI=1S/C11H15NO3S/c1-12-6-9-3-2-4-10(5-9)15-11-7-16(13,14)8-11/h2-5,11-12H,6-8H2,1H3. The quantitative estimate of drug-likeness (QED) is 0.838. The van der Waals surface area contributed by atoms with Crippen LogP contribution in [0.4, 0.5) is 0 Å². The van der Waals surface area contributed by atoms with Gasteiger partial charge in [0.25, 0.3) is 0 Å². The van der Waals surface area contributed by atoms with Gasteiger partial charge in [0.05, 0.1) is 11.5 Å². The predicted molar refractivity (Wildman–Crippen MR) is 62.3 cm³/mol. The molecule has 5 heteroatoms. The molecule has 1 aromatic rings. The van der Waals surface area contributed by atoms with Gasteiger partial charge in [-0.2, -0.15) is 0 Å². The Morgan fingerprint density at radius 2 is 2.19 bits per heavy atom. The first kappa shape index (κ1) is 11.4. The number of hydrogen-bond acceptors (Lipinski definition) is 4. The Balaban J connectivity index is 1.97. The van der Waals surface area contributed by atoms with Gasteiger partial charge in [0.1, 0.15) is 11.9 Å². The average Bonchev–Trinajstić information content (AvgIpc) is 2.16. The van der Waals surface area contributed by atoms with Crippen molar-refractivity contribution in [2.45, 2.75) is 12.6 Å². The highest BCUT2D eigenvalue weighted by molar-refractivity contribution is 7.92. The Morgan fingerprint density at radius 3 is 2.81 bits per heavy atom. The number of sulfone groups is 1. The van der Waals surface area contributed by atoms with E-state index in [2.05, 4.69) is 5.32 Å². The minimum Gasteiger partial charge on any atom is -0.488 e. The Labute approximate surface area is 95.5 Å². The maximum Gasteiger partial charge on any atom is 0.157 e. The number of hydrogen-bond donors (Lipinski definition) is 1. The van der Waals surface area contributed by atoms with E-state index in [1.54, 1.807) is 0 Å². The first-order chi connectivity index (χ1) is 7.59. The van der Waals surface area contributed by atoms with Crippen molar-refractivity contribution in [3.8, 4) is 5.75 Å². The average molecular weight is 241 g/mol. The smallest absolute Gasteiger partial charge is 0.157 e. The Bertz CT molecular complexity index is 458. The number of rotatable bonds is 4. The molecule has 0 aromatic heterocycles. The second-order valence-electron chi connectivity index (χ2n) is 3.99. The zero-order chi connectivity index (χ0) is 11.6. The van der Waals surface area contributed by atoms with Crippen molar-refractivity contribution in [3.63, 3.8) is 0 Å². The molecule has 0 spiro atoms. The molecule has 0 saturated carbocycles. The fraction of sp³-hybridized carbons (Fsp3) is 0.455. The lowest BCUT2D eigenvalue weighted by molar-refractivity contribution is 0.230. The van der Waals surface area contributed by atoms with Crippen LogP contribution in [0.15, 0.2) is 24.3 Å². The van der Waals surface area contributed by atoms with Crippen LogP contribution in [-0.4, -0.2) is 33.1 Å². The number of ether oxygens (including phenoxy) is 1. The summed E-state index contributed by atoms with van der Waals surface area (Å²) in [6, 6.07) is 7.70. The topological polar surface area (TPSA) is 55.4 Å². The zero-order valence-electron chi connectivity index (χ0n) is 9.14. The largest absolute Gasteiger partial charge is 0.488 e. The Morgan fingerprint density at radius 1 is 1.44 bits per heavy atom. The Kier molecular flexibility index (Phi) is 3.16. The first-order valence-corrected chi connectivity index (χ1v) is 7.02. The van der Waals surface area contributed by atoms with Crippen molar-refractivity contribution < 1.29 is 13.2 Å². The summed E-state index contributed by atoms with van der Waals surface area (Å²) in [6.07, 6.45) is -0.171. The summed E-state index contributed by atoms with van der Waals surface area (Å²) in [5, 5.41) is 3.05. The van der Waals surface area contributed by atoms with E-state index in [4.69, 9.17) is 4.74 Å². The summed E-state index contributed by atoms with van der Waals surface area (Å²) in [5.41, 5.74) is 1.13. The van der Waals surface area contributed by atoms with Crippen LogP contribution >= 0.6 is 0 Å². The van der Waals surface area contributed by atoms with Gasteiger partial charge in [-0.05, 0) is 24.7 Å². The summed E-state index contributed by atoms with van der Waals surface area (Å²) in [6.45, 7) is 0.778. The molecule has 0 amide bonds. The highest BCUT2D eigenvalue weighted by Gasteiger charge is 2.35. The van der Waals surface area contributed by atoms with Crippen LogP contribution < -0.4 is 10.1 Å². The molecule has 0 bridgehead atoms. The van der Waals surface area contributed by atoms with Crippen LogP contribution in [0, 0.1) is 0 Å². The van der Waals surface area contributed by atoms with Crippen LogP contribution in [-0.2, 0) is 16.4 Å². The zero-order valence-corrected chi connectivity index (χ0v) is 9.96. The van der Waals surface area contributed by atoms with Gasteiger partial charge in [0, 0.05) is 6.54 Å². The van der Waals surface area contributed by atoms with Crippen molar-refractivity contribution in [2.75, 3.05) is 18.6 Å². The molecular weight excluding hydrogens is 226 g/mol. The molecule has 16 heavy (non-hydrogen) atoms. The molecule has 1 aliphatic heterocycles. The molecule has 1 saturated heterocycles. The summed E-state index contributed by atoms with van der Waals surface area (Å²) in [7, 11) is -0.927. The van der Waals surface area contributed by atoms with Crippen LogP contribution in [0.25, 0.3) is 0 Å². The van der Waals surface area contributed by atoms with Gasteiger partial charge in [-0.1, -0.05) is 12.1 Å². The SMILES string of the molecule is CNCc1cccc(OC2CS(=O)(=O)C2)c1. The van der Waals surface area contributed by atoms with E-state index in [1.165, 1.54) is 0 Å². The van der Waals surface area contributed by atoms with Gasteiger partial charge in [-0.25, -0.2) is 8.42 Å². The third-order valence-corrected chi connectivity index (χ3v) is 4.22. The van der Waals surface area contributed by atoms with Crippen LogP contribution in [0.5, 0.6) is 5.75 Å². The minimum atomic E-state index is -2.81. The van der Waals surface area contributed by atoms with Crippen LogP contribution in [0.1, 0.15) is 5.56 Å². The molecule has 1 N–H and O–H groups in total. The maximum atomic E-state index is 11.0. The van der Waals surface area contributed by atoms with E-state index in [-0.39, 0.29) is 17.6 Å². The van der Waals surface area contributed by atoms with E-state index in [1.807, 2.05) is 31.3 Å². The molecule has 2 rings (SSSR count). The highest BCUT2D eigenvalue weighted by atomic mass is 32.2. The molecule has 1 heterocycles. The summed E-state index contributed by atoms with van der Waals surface area (Å²) < 4.78 is 27.5. The fourth-order valence-corrected chi connectivity index (χ4v) is 2.88. The van der Waals surface area contributed by atoms with Crippen molar-refractivity contribution in [1.29, 1.82) is 0 Å². The highest BCUT2D eigenvalue weighted by Crippen LogP contribution is 2.20. The second kappa shape index (κ2) is 4.43. The third kappa shape index (κ3) is 2.74. The third-order valence-electron chi connectivity index (χ3n) is 2.46. The van der Waals surface area contributed by atoms with Crippen LogP contribution in [0.3, 0.4) is 0 Å². The minimum absolute atomic E-state index is 0.142. The van der Waals surface area contributed by atoms with Crippen LogP contribution in [0.2, 0.25) is 0 Å². The van der Waals surface area contributed by atoms with E-state index in [0.717, 1.165) is 17.9 Å². The van der Waals surface area contributed by atoms with Crippen molar-refractivity contribution >= 4 is 9.84 Å². The van der Waals surface area contributed by atoms with E-state index < -0.39 is 9.84 Å². The molecule has 0 unspecified atom stereocenters. The van der Waals surface area contributed by atoms with Gasteiger partial charge >= 0.3 is 0 Å². The summed E-state index contributed by atoms with van der Waals surface area (Å²) in [5.74, 6) is 1.03. The molecular formula is C11H15NO3S. The van der Waals surface area contributed by atoms with E-state index in [0.29, 0.717) is 0 Å². The van der Waals surface area contributed by atoms with Gasteiger partial charge < -0.3 is 10.1 Å². The van der Waals surface area contributed by atoms with Gasteiger partial charge in [0.15, 0.2) is 9.84 Å². The van der Waals surface area contributed by atoms with Crippen molar-refractivity contribution in [3.05, 3.63) is 29.8 Å². The Hall–Kier alpha value is -1.07. The predicted octanol–water partition coefficient (Wildman–Crippen LogP) is 0.582. The molecule has 0 atom stereocenters. The monoisotopic (exact) mass is 241 g/mol. The number of nitrogens with one attached hydrogen (secondary N) is 1. The van der Waals surface area contributed by atoms with Gasteiger partial charge in [-0.15, -0.1) is 0 Å². The lowest BCUT2D eigenvalue weighted by atomic mass is 10.2. The molecule has 1 aromatic carbocycles.